The molecule has 0 radical (unpaired) electrons. The van der Waals surface area contributed by atoms with E-state index in [1.807, 2.05) is 0 Å². The molecular weight excluding hydrogens is 202 g/mol. The Balaban J connectivity index is 1.78. The van der Waals surface area contributed by atoms with E-state index in [1.54, 1.807) is 0 Å². The predicted octanol–water partition coefficient (Wildman–Crippen LogP) is 3.57. The Bertz CT molecular complexity index is 171. The molecule has 2 aliphatic carbocycles. The number of rotatable bonds is 4. The highest BCUT2D eigenvalue weighted by Gasteiger charge is 2.27. The Morgan fingerprint density at radius 1 is 0.933 bits per heavy atom. The van der Waals surface area contributed by atoms with Crippen LogP contribution >= 0.6 is 11.8 Å². The molecule has 0 spiro atoms. The van der Waals surface area contributed by atoms with Crippen LogP contribution in [-0.2, 0) is 0 Å². The quantitative estimate of drug-likeness (QED) is 0.794. The van der Waals surface area contributed by atoms with Crippen molar-refractivity contribution in [2.45, 2.75) is 68.3 Å². The van der Waals surface area contributed by atoms with E-state index in [2.05, 4.69) is 11.8 Å². The predicted molar refractivity (Wildman–Crippen MR) is 69.3 cm³/mol. The summed E-state index contributed by atoms with van der Waals surface area (Å²) < 4.78 is 0. The molecule has 0 aliphatic heterocycles. The molecule has 0 bridgehead atoms. The number of nitrogens with two attached hydrogens (primary N) is 1. The van der Waals surface area contributed by atoms with Crippen molar-refractivity contribution in [1.82, 2.24) is 0 Å². The van der Waals surface area contributed by atoms with Crippen LogP contribution in [0.25, 0.3) is 0 Å². The Hall–Kier alpha value is 0.310. The molecule has 2 saturated carbocycles. The second-order valence-electron chi connectivity index (χ2n) is 5.21. The second kappa shape index (κ2) is 6.15. The molecule has 2 aliphatic rings. The number of hydrogen-bond acceptors (Lipinski definition) is 2. The highest BCUT2D eigenvalue weighted by molar-refractivity contribution is 8.00. The third kappa shape index (κ3) is 3.39. The fourth-order valence-corrected chi connectivity index (χ4v) is 4.84. The van der Waals surface area contributed by atoms with Gasteiger partial charge in [0.1, 0.15) is 0 Å². The maximum absolute atomic E-state index is 5.95. The van der Waals surface area contributed by atoms with Crippen LogP contribution in [0.15, 0.2) is 0 Å². The fourth-order valence-electron chi connectivity index (χ4n) is 3.14. The van der Waals surface area contributed by atoms with Crippen LogP contribution in [0.2, 0.25) is 0 Å². The Labute approximate surface area is 98.6 Å². The minimum atomic E-state index is 0.774. The molecule has 1 nitrogen and oxygen atoms in total. The van der Waals surface area contributed by atoms with Crippen molar-refractivity contribution in [3.05, 3.63) is 0 Å². The van der Waals surface area contributed by atoms with Gasteiger partial charge in [-0.3, -0.25) is 0 Å². The topological polar surface area (TPSA) is 26.0 Å². The highest BCUT2D eigenvalue weighted by Crippen LogP contribution is 2.38. The van der Waals surface area contributed by atoms with Gasteiger partial charge in [0.2, 0.25) is 0 Å². The SMILES string of the molecule is NCC(SC1CCCCC1)C1CCCC1. The van der Waals surface area contributed by atoms with E-state index in [4.69, 9.17) is 5.73 Å². The molecule has 15 heavy (non-hydrogen) atoms. The van der Waals surface area contributed by atoms with E-state index in [9.17, 15) is 0 Å². The third-order valence-electron chi connectivity index (χ3n) is 4.08. The van der Waals surface area contributed by atoms with Gasteiger partial charge in [0.25, 0.3) is 0 Å². The first-order valence-electron chi connectivity index (χ1n) is 6.75. The zero-order valence-corrected chi connectivity index (χ0v) is 10.6. The van der Waals surface area contributed by atoms with Crippen LogP contribution < -0.4 is 5.73 Å². The fraction of sp³-hybridized carbons (Fsp3) is 1.00. The van der Waals surface area contributed by atoms with Gasteiger partial charge in [-0.1, -0.05) is 32.1 Å². The van der Waals surface area contributed by atoms with Crippen LogP contribution in [0.3, 0.4) is 0 Å². The summed E-state index contributed by atoms with van der Waals surface area (Å²) in [5.74, 6) is 0.946. The van der Waals surface area contributed by atoms with Crippen molar-refractivity contribution in [1.29, 1.82) is 0 Å². The van der Waals surface area contributed by atoms with Crippen LogP contribution in [0.1, 0.15) is 57.8 Å². The van der Waals surface area contributed by atoms with E-state index in [0.29, 0.717) is 0 Å². The first-order valence-corrected chi connectivity index (χ1v) is 7.70. The summed E-state index contributed by atoms with van der Waals surface area (Å²) in [5.41, 5.74) is 5.95. The first kappa shape index (κ1) is 11.8. The maximum atomic E-state index is 5.95. The van der Waals surface area contributed by atoms with Gasteiger partial charge in [-0.05, 0) is 31.6 Å². The van der Waals surface area contributed by atoms with Crippen molar-refractivity contribution < 1.29 is 0 Å². The minimum absolute atomic E-state index is 0.774. The molecular formula is C13H25NS. The van der Waals surface area contributed by atoms with Crippen molar-refractivity contribution in [2.75, 3.05) is 6.54 Å². The van der Waals surface area contributed by atoms with Crippen molar-refractivity contribution in [3.8, 4) is 0 Å². The average Bonchev–Trinajstić information content (AvgIpc) is 2.81. The molecule has 88 valence electrons. The molecule has 0 heterocycles. The number of thioether (sulfide) groups is 1. The van der Waals surface area contributed by atoms with Gasteiger partial charge in [0, 0.05) is 17.0 Å². The number of hydrogen-bond donors (Lipinski definition) is 1. The molecule has 0 saturated heterocycles. The molecule has 0 amide bonds. The lowest BCUT2D eigenvalue weighted by molar-refractivity contribution is 0.497. The lowest BCUT2D eigenvalue weighted by Gasteiger charge is -2.28. The monoisotopic (exact) mass is 227 g/mol. The summed E-state index contributed by atoms with van der Waals surface area (Å²) in [4.78, 5) is 0. The van der Waals surface area contributed by atoms with Crippen LogP contribution in [0, 0.1) is 5.92 Å². The molecule has 2 rings (SSSR count). The minimum Gasteiger partial charge on any atom is -0.329 e. The molecule has 0 aromatic heterocycles. The Morgan fingerprint density at radius 3 is 2.13 bits per heavy atom. The summed E-state index contributed by atoms with van der Waals surface area (Å²) in [6, 6.07) is 0. The summed E-state index contributed by atoms with van der Waals surface area (Å²) in [7, 11) is 0. The lowest BCUT2D eigenvalue weighted by atomic mass is 10.0. The molecule has 2 N–H and O–H groups in total. The average molecular weight is 227 g/mol. The zero-order chi connectivity index (χ0) is 10.5. The third-order valence-corrected chi connectivity index (χ3v) is 5.86. The van der Waals surface area contributed by atoms with Crippen molar-refractivity contribution in [2.24, 2.45) is 11.7 Å². The van der Waals surface area contributed by atoms with Gasteiger partial charge in [-0.15, -0.1) is 0 Å². The summed E-state index contributed by atoms with van der Waals surface area (Å²) >= 11 is 2.24. The lowest BCUT2D eigenvalue weighted by Crippen LogP contribution is -2.27. The van der Waals surface area contributed by atoms with Gasteiger partial charge in [-0.2, -0.15) is 11.8 Å². The van der Waals surface area contributed by atoms with E-state index in [0.717, 1.165) is 23.0 Å². The highest BCUT2D eigenvalue weighted by atomic mass is 32.2. The second-order valence-corrected chi connectivity index (χ2v) is 6.76. The normalized spacial score (nSPS) is 27.0. The van der Waals surface area contributed by atoms with Gasteiger partial charge in [0.05, 0.1) is 0 Å². The first-order chi connectivity index (χ1) is 7.40. The van der Waals surface area contributed by atoms with Gasteiger partial charge in [0.15, 0.2) is 0 Å². The summed E-state index contributed by atoms with van der Waals surface area (Å²) in [6.07, 6.45) is 13.1. The Morgan fingerprint density at radius 2 is 1.53 bits per heavy atom. The smallest absolute Gasteiger partial charge is 0.0201 e. The van der Waals surface area contributed by atoms with E-state index >= 15 is 0 Å². The van der Waals surface area contributed by atoms with Gasteiger partial charge < -0.3 is 5.73 Å². The molecule has 2 fully saturated rings. The van der Waals surface area contributed by atoms with Crippen LogP contribution in [0.4, 0.5) is 0 Å². The summed E-state index contributed by atoms with van der Waals surface area (Å²) in [6.45, 7) is 0.909. The molecule has 1 unspecified atom stereocenters. The largest absolute Gasteiger partial charge is 0.329 e. The van der Waals surface area contributed by atoms with Crippen LogP contribution in [-0.4, -0.2) is 17.0 Å². The maximum Gasteiger partial charge on any atom is 0.0201 e. The molecule has 1 atom stereocenters. The van der Waals surface area contributed by atoms with Crippen LogP contribution in [0.5, 0.6) is 0 Å². The molecule has 0 aromatic carbocycles. The Kier molecular flexibility index (Phi) is 4.83. The molecule has 0 aromatic rings. The van der Waals surface area contributed by atoms with Crippen molar-refractivity contribution >= 4 is 11.8 Å². The van der Waals surface area contributed by atoms with Crippen molar-refractivity contribution in [3.63, 3.8) is 0 Å². The van der Waals surface area contributed by atoms with Gasteiger partial charge >= 0.3 is 0 Å². The van der Waals surface area contributed by atoms with E-state index < -0.39 is 0 Å². The molecule has 2 heteroatoms. The van der Waals surface area contributed by atoms with Gasteiger partial charge in [-0.25, -0.2) is 0 Å². The van der Waals surface area contributed by atoms with E-state index in [-0.39, 0.29) is 0 Å². The summed E-state index contributed by atoms with van der Waals surface area (Å²) in [5, 5.41) is 1.71. The zero-order valence-electron chi connectivity index (χ0n) is 9.79. The van der Waals surface area contributed by atoms with E-state index in [1.165, 1.54) is 57.8 Å². The standard InChI is InChI=1S/C13H25NS/c14-10-13(11-6-4-5-7-11)15-12-8-2-1-3-9-12/h11-13H,1-10,14H2.